The topological polar surface area (TPSA) is 38.3 Å². The van der Waals surface area contributed by atoms with Crippen molar-refractivity contribution in [3.8, 4) is 0 Å². The zero-order valence-corrected chi connectivity index (χ0v) is 6.60. The summed E-state index contributed by atoms with van der Waals surface area (Å²) < 4.78 is 0. The standard InChI is InChI=1S/C7H13NO2/c1-4-6(3)7(9)8-10-5-2/h4H,5H2,1-3H3,(H,8,9). The van der Waals surface area contributed by atoms with Crippen molar-refractivity contribution in [2.75, 3.05) is 6.61 Å². The number of rotatable bonds is 3. The van der Waals surface area contributed by atoms with Gasteiger partial charge in [-0.2, -0.15) is 0 Å². The molecule has 0 atom stereocenters. The highest BCUT2D eigenvalue weighted by Crippen LogP contribution is 1.89. The number of nitrogens with one attached hydrogen (secondary N) is 1. The Kier molecular flexibility index (Phi) is 4.58. The summed E-state index contributed by atoms with van der Waals surface area (Å²) in [5.74, 6) is -0.177. The highest BCUT2D eigenvalue weighted by molar-refractivity contribution is 5.91. The van der Waals surface area contributed by atoms with Crippen LogP contribution in [-0.2, 0) is 9.63 Å². The molecule has 0 rings (SSSR count). The van der Waals surface area contributed by atoms with Crippen LogP contribution in [0, 0.1) is 0 Å². The van der Waals surface area contributed by atoms with Gasteiger partial charge in [0.1, 0.15) is 0 Å². The van der Waals surface area contributed by atoms with E-state index in [0.717, 1.165) is 0 Å². The molecule has 0 saturated carbocycles. The number of amides is 1. The number of carbonyl (C=O) groups is 1. The SMILES string of the molecule is CC=C(C)C(=O)NOCC. The third-order valence-electron chi connectivity index (χ3n) is 1.10. The predicted octanol–water partition coefficient (Wildman–Crippen LogP) is 1.02. The first kappa shape index (κ1) is 9.17. The molecule has 0 heterocycles. The highest BCUT2D eigenvalue weighted by Gasteiger charge is 1.99. The van der Waals surface area contributed by atoms with Crippen molar-refractivity contribution in [1.82, 2.24) is 5.48 Å². The lowest BCUT2D eigenvalue weighted by Crippen LogP contribution is -2.24. The van der Waals surface area contributed by atoms with E-state index in [-0.39, 0.29) is 5.91 Å². The van der Waals surface area contributed by atoms with Crippen LogP contribution in [-0.4, -0.2) is 12.5 Å². The third kappa shape index (κ3) is 3.25. The van der Waals surface area contributed by atoms with Crippen LogP contribution >= 0.6 is 0 Å². The van der Waals surface area contributed by atoms with Crippen molar-refractivity contribution in [1.29, 1.82) is 0 Å². The molecule has 10 heavy (non-hydrogen) atoms. The van der Waals surface area contributed by atoms with Gasteiger partial charge in [-0.05, 0) is 20.8 Å². The minimum absolute atomic E-state index is 0.177. The number of carbonyl (C=O) groups excluding carboxylic acids is 1. The van der Waals surface area contributed by atoms with Crippen LogP contribution < -0.4 is 5.48 Å². The molecular formula is C7H13NO2. The van der Waals surface area contributed by atoms with E-state index in [1.165, 1.54) is 0 Å². The zero-order chi connectivity index (χ0) is 7.98. The summed E-state index contributed by atoms with van der Waals surface area (Å²) in [6.07, 6.45) is 1.73. The van der Waals surface area contributed by atoms with Gasteiger partial charge in [-0.3, -0.25) is 9.63 Å². The van der Waals surface area contributed by atoms with Crippen LogP contribution in [0.3, 0.4) is 0 Å². The van der Waals surface area contributed by atoms with Gasteiger partial charge in [0.05, 0.1) is 6.61 Å². The molecule has 0 aromatic rings. The number of hydrogen-bond donors (Lipinski definition) is 1. The van der Waals surface area contributed by atoms with Gasteiger partial charge in [-0.1, -0.05) is 6.08 Å². The summed E-state index contributed by atoms with van der Waals surface area (Å²) in [7, 11) is 0. The summed E-state index contributed by atoms with van der Waals surface area (Å²) in [5, 5.41) is 0. The lowest BCUT2D eigenvalue weighted by atomic mass is 10.3. The maximum atomic E-state index is 10.8. The summed E-state index contributed by atoms with van der Waals surface area (Å²) in [6.45, 7) is 5.84. The van der Waals surface area contributed by atoms with E-state index >= 15 is 0 Å². The van der Waals surface area contributed by atoms with Gasteiger partial charge >= 0.3 is 0 Å². The number of hydroxylamine groups is 1. The Labute approximate surface area is 61.0 Å². The molecule has 0 unspecified atom stereocenters. The monoisotopic (exact) mass is 143 g/mol. The molecule has 0 fully saturated rings. The zero-order valence-electron chi connectivity index (χ0n) is 6.60. The van der Waals surface area contributed by atoms with Gasteiger partial charge in [-0.25, -0.2) is 5.48 Å². The lowest BCUT2D eigenvalue weighted by Gasteiger charge is -2.01. The van der Waals surface area contributed by atoms with Crippen molar-refractivity contribution >= 4 is 5.91 Å². The fraction of sp³-hybridized carbons (Fsp3) is 0.571. The van der Waals surface area contributed by atoms with E-state index < -0.39 is 0 Å². The highest BCUT2D eigenvalue weighted by atomic mass is 16.6. The van der Waals surface area contributed by atoms with Crippen LogP contribution in [0.4, 0.5) is 0 Å². The van der Waals surface area contributed by atoms with E-state index in [0.29, 0.717) is 12.2 Å². The largest absolute Gasteiger partial charge is 0.274 e. The number of hydrogen-bond acceptors (Lipinski definition) is 2. The summed E-state index contributed by atoms with van der Waals surface area (Å²) >= 11 is 0. The van der Waals surface area contributed by atoms with Gasteiger partial charge in [-0.15, -0.1) is 0 Å². The predicted molar refractivity (Wildman–Crippen MR) is 39.2 cm³/mol. The summed E-state index contributed by atoms with van der Waals surface area (Å²) in [5.41, 5.74) is 2.94. The van der Waals surface area contributed by atoms with Crippen LogP contribution in [0.2, 0.25) is 0 Å². The molecule has 0 spiro atoms. The quantitative estimate of drug-likeness (QED) is 0.473. The third-order valence-corrected chi connectivity index (χ3v) is 1.10. The Morgan fingerprint density at radius 2 is 2.30 bits per heavy atom. The van der Waals surface area contributed by atoms with Crippen molar-refractivity contribution in [3.05, 3.63) is 11.6 Å². The van der Waals surface area contributed by atoms with Crippen molar-refractivity contribution in [3.63, 3.8) is 0 Å². The Morgan fingerprint density at radius 1 is 1.70 bits per heavy atom. The first-order valence-corrected chi connectivity index (χ1v) is 3.27. The van der Waals surface area contributed by atoms with Crippen LogP contribution in [0.1, 0.15) is 20.8 Å². The molecule has 0 aromatic carbocycles. The van der Waals surface area contributed by atoms with Crippen LogP contribution in [0.5, 0.6) is 0 Å². The van der Waals surface area contributed by atoms with E-state index in [1.54, 1.807) is 19.9 Å². The molecule has 0 bridgehead atoms. The maximum Gasteiger partial charge on any atom is 0.270 e. The first-order chi connectivity index (χ1) is 4.72. The molecule has 3 heteroatoms. The van der Waals surface area contributed by atoms with Gasteiger partial charge in [0.2, 0.25) is 0 Å². The van der Waals surface area contributed by atoms with Gasteiger partial charge in [0.25, 0.3) is 5.91 Å². The maximum absolute atomic E-state index is 10.8. The summed E-state index contributed by atoms with van der Waals surface area (Å²) in [4.78, 5) is 15.5. The Balaban J connectivity index is 3.63. The van der Waals surface area contributed by atoms with Crippen molar-refractivity contribution in [2.24, 2.45) is 0 Å². The summed E-state index contributed by atoms with van der Waals surface area (Å²) in [6, 6.07) is 0. The Hall–Kier alpha value is -0.830. The van der Waals surface area contributed by atoms with E-state index in [4.69, 9.17) is 0 Å². The van der Waals surface area contributed by atoms with E-state index in [9.17, 15) is 4.79 Å². The van der Waals surface area contributed by atoms with Gasteiger partial charge in [0, 0.05) is 5.57 Å². The molecule has 0 aliphatic carbocycles. The number of allylic oxidation sites excluding steroid dienone is 1. The molecule has 0 aliphatic rings. The second-order valence-electron chi connectivity index (χ2n) is 1.84. The Morgan fingerprint density at radius 3 is 2.70 bits per heavy atom. The first-order valence-electron chi connectivity index (χ1n) is 3.27. The minimum Gasteiger partial charge on any atom is -0.274 e. The van der Waals surface area contributed by atoms with Gasteiger partial charge < -0.3 is 0 Å². The molecule has 0 saturated heterocycles. The van der Waals surface area contributed by atoms with Crippen molar-refractivity contribution < 1.29 is 9.63 Å². The average molecular weight is 143 g/mol. The van der Waals surface area contributed by atoms with Crippen molar-refractivity contribution in [2.45, 2.75) is 20.8 Å². The molecule has 0 aliphatic heterocycles. The molecular weight excluding hydrogens is 130 g/mol. The second-order valence-corrected chi connectivity index (χ2v) is 1.84. The molecule has 0 aromatic heterocycles. The molecule has 0 radical (unpaired) electrons. The fourth-order valence-electron chi connectivity index (χ4n) is 0.349. The lowest BCUT2D eigenvalue weighted by molar-refractivity contribution is -0.129. The molecule has 3 nitrogen and oxygen atoms in total. The Bertz CT molecular complexity index is 141. The second kappa shape index (κ2) is 4.99. The van der Waals surface area contributed by atoms with Crippen LogP contribution in [0.15, 0.2) is 11.6 Å². The fourth-order valence-corrected chi connectivity index (χ4v) is 0.349. The average Bonchev–Trinajstić information content (AvgIpc) is 1.98. The molecule has 58 valence electrons. The van der Waals surface area contributed by atoms with Gasteiger partial charge in [0.15, 0.2) is 0 Å². The minimum atomic E-state index is -0.177. The van der Waals surface area contributed by atoms with E-state index in [1.807, 2.05) is 6.92 Å². The molecule has 1 amide bonds. The smallest absolute Gasteiger partial charge is 0.270 e. The van der Waals surface area contributed by atoms with E-state index in [2.05, 4.69) is 10.3 Å². The molecule has 1 N–H and O–H groups in total. The normalized spacial score (nSPS) is 11.3. The van der Waals surface area contributed by atoms with Crippen LogP contribution in [0.25, 0.3) is 0 Å².